The fraction of sp³-hybridized carbons (Fsp3) is 0.105. The lowest BCUT2D eigenvalue weighted by molar-refractivity contribution is 0.452. The highest BCUT2D eigenvalue weighted by atomic mass is 79.9. The van der Waals surface area contributed by atoms with Crippen LogP contribution in [0.4, 0.5) is 0 Å². The molecule has 0 fully saturated rings. The van der Waals surface area contributed by atoms with Crippen molar-refractivity contribution >= 4 is 45.2 Å². The molecule has 0 aliphatic rings. The molecule has 0 unspecified atom stereocenters. The maximum absolute atomic E-state index is 8.98. The van der Waals surface area contributed by atoms with Crippen LogP contribution in [0.5, 0.6) is 5.75 Å². The van der Waals surface area contributed by atoms with E-state index < -0.39 is 0 Å². The Bertz CT molecular complexity index is 1960. The monoisotopic (exact) mass is 637 g/mol. The molecule has 0 heterocycles. The Hall–Kier alpha value is -4.88. The molecule has 6 aromatic carbocycles. The lowest BCUT2D eigenvalue weighted by Gasteiger charge is -2.12. The normalized spacial score (nSPS) is 9.95. The second-order valence-electron chi connectivity index (χ2n) is 10.0. The number of fused-ring (bicyclic) bond motifs is 2. The molecule has 1 radical (unpaired) electrons. The number of hydrogen-bond acceptors (Lipinski definition) is 4. The summed E-state index contributed by atoms with van der Waals surface area (Å²) in [7, 11) is 0.705. The number of nitrogens with zero attached hydrogens (tertiary/aromatic N) is 2. The number of halogens is 1. The number of nitriles is 2. The second kappa shape index (κ2) is 16.1. The summed E-state index contributed by atoms with van der Waals surface area (Å²) >= 11 is 3.35. The summed E-state index contributed by atoms with van der Waals surface area (Å²) in [6, 6.07) is 44.9. The van der Waals surface area contributed by atoms with Crippen molar-refractivity contribution in [2.75, 3.05) is 0 Å². The van der Waals surface area contributed by atoms with E-state index in [9.17, 15) is 0 Å². The fourth-order valence-electron chi connectivity index (χ4n) is 5.06. The molecule has 4 nitrogen and oxygen atoms in total. The van der Waals surface area contributed by atoms with Crippen LogP contribution in [0.25, 0.3) is 32.7 Å². The largest absolute Gasteiger partial charge is 0.569 e. The minimum absolute atomic E-state index is 0.447. The molecular weight excluding hydrogens is 607 g/mol. The van der Waals surface area contributed by atoms with Crippen LogP contribution in [-0.4, -0.2) is 12.7 Å². The van der Waals surface area contributed by atoms with Gasteiger partial charge in [-0.25, -0.2) is 0 Å². The Morgan fingerprint density at radius 3 is 1.77 bits per heavy atom. The minimum Gasteiger partial charge on any atom is -0.537 e. The third-order valence-electron chi connectivity index (χ3n) is 7.33. The van der Waals surface area contributed by atoms with Gasteiger partial charge in [0.25, 0.3) is 0 Å². The van der Waals surface area contributed by atoms with Crippen molar-refractivity contribution in [2.24, 2.45) is 0 Å². The van der Waals surface area contributed by atoms with E-state index in [1.54, 1.807) is 0 Å². The van der Waals surface area contributed by atoms with Gasteiger partial charge in [0.05, 0.1) is 25.0 Å². The molecule has 6 rings (SSSR count). The SMILES string of the molecule is Cc1c(-c2ccccc2CC#N)ccc2ccccc12.Cc1c(O[B]O)ccc2ccccc12.N#CCc1ccccc1Br. The van der Waals surface area contributed by atoms with E-state index in [4.69, 9.17) is 20.2 Å². The number of aryl methyl sites for hydroxylation is 2. The van der Waals surface area contributed by atoms with Gasteiger partial charge in [-0.05, 0) is 80.9 Å². The second-order valence-corrected chi connectivity index (χ2v) is 10.9. The first-order valence-electron chi connectivity index (χ1n) is 14.1. The predicted octanol–water partition coefficient (Wildman–Crippen LogP) is 9.45. The van der Waals surface area contributed by atoms with Crippen LogP contribution in [0.15, 0.2) is 126 Å². The van der Waals surface area contributed by atoms with Gasteiger partial charge in [-0.3, -0.25) is 0 Å². The average Bonchev–Trinajstić information content (AvgIpc) is 3.05. The molecule has 0 aliphatic carbocycles. The summed E-state index contributed by atoms with van der Waals surface area (Å²) in [6.45, 7) is 4.13. The first kappa shape index (κ1) is 32.0. The molecule has 0 amide bonds. The first-order chi connectivity index (χ1) is 21.5. The van der Waals surface area contributed by atoms with Gasteiger partial charge in [-0.1, -0.05) is 125 Å². The number of hydrogen-bond donors (Lipinski definition) is 1. The molecule has 44 heavy (non-hydrogen) atoms. The van der Waals surface area contributed by atoms with Gasteiger partial charge in [0.15, 0.2) is 0 Å². The lowest BCUT2D eigenvalue weighted by atomic mass is 9.91. The highest BCUT2D eigenvalue weighted by molar-refractivity contribution is 9.10. The summed E-state index contributed by atoms with van der Waals surface area (Å²) < 4.78 is 5.99. The van der Waals surface area contributed by atoms with E-state index in [0.717, 1.165) is 32.1 Å². The smallest absolute Gasteiger partial charge is 0.537 e. The van der Waals surface area contributed by atoms with E-state index in [-0.39, 0.29) is 0 Å². The summed E-state index contributed by atoms with van der Waals surface area (Å²) in [5.74, 6) is 0.686. The molecule has 0 bridgehead atoms. The Balaban J connectivity index is 0.000000161. The maximum Gasteiger partial charge on any atom is 0.569 e. The van der Waals surface area contributed by atoms with Crippen LogP contribution >= 0.6 is 15.9 Å². The molecule has 0 aromatic heterocycles. The van der Waals surface area contributed by atoms with Crippen LogP contribution in [-0.2, 0) is 12.8 Å². The van der Waals surface area contributed by atoms with Crippen molar-refractivity contribution in [1.29, 1.82) is 10.5 Å². The lowest BCUT2D eigenvalue weighted by Crippen LogP contribution is -2.01. The molecule has 6 heteroatoms. The molecule has 0 aliphatic heterocycles. The molecular formula is C38H31BBrN2O2. The molecule has 0 saturated carbocycles. The van der Waals surface area contributed by atoms with Crippen molar-refractivity contribution in [2.45, 2.75) is 26.7 Å². The topological polar surface area (TPSA) is 77.0 Å². The molecule has 0 spiro atoms. The van der Waals surface area contributed by atoms with Crippen LogP contribution in [0, 0.1) is 36.5 Å². The first-order valence-corrected chi connectivity index (χ1v) is 14.9. The van der Waals surface area contributed by atoms with Gasteiger partial charge in [-0.2, -0.15) is 10.5 Å². The van der Waals surface area contributed by atoms with Crippen molar-refractivity contribution < 1.29 is 9.68 Å². The fourth-order valence-corrected chi connectivity index (χ4v) is 5.48. The van der Waals surface area contributed by atoms with E-state index in [2.05, 4.69) is 83.5 Å². The molecule has 1 N–H and O–H groups in total. The standard InChI is InChI=1S/C19H15N.C11H10BO2.C8H6BrN/c1-14-17-8-4-2-6-15(17)10-11-18(14)19-9-5-3-7-16(19)12-13-20;1-8-10-5-3-2-4-9(10)6-7-11(8)14-12-13;9-8-4-2-1-3-7(8)5-6-10/h2-11H,12H2,1H3;2-7,13H,1H3;1-4H,5H2. The third kappa shape index (κ3) is 7.94. The quantitative estimate of drug-likeness (QED) is 0.191. The van der Waals surface area contributed by atoms with E-state index in [1.807, 2.05) is 79.7 Å². The van der Waals surface area contributed by atoms with Crippen molar-refractivity contribution in [1.82, 2.24) is 0 Å². The Kier molecular flexibility index (Phi) is 11.7. The van der Waals surface area contributed by atoms with Gasteiger partial charge >= 0.3 is 7.69 Å². The van der Waals surface area contributed by atoms with Crippen LogP contribution in [0.2, 0.25) is 0 Å². The zero-order valence-electron chi connectivity index (χ0n) is 24.7. The van der Waals surface area contributed by atoms with Crippen molar-refractivity contribution in [3.8, 4) is 29.0 Å². The van der Waals surface area contributed by atoms with E-state index in [1.165, 1.54) is 27.3 Å². The Labute approximate surface area is 268 Å². The Morgan fingerprint density at radius 2 is 1.14 bits per heavy atom. The highest BCUT2D eigenvalue weighted by Gasteiger charge is 2.09. The molecule has 0 atom stereocenters. The third-order valence-corrected chi connectivity index (χ3v) is 8.10. The minimum atomic E-state index is 0.447. The van der Waals surface area contributed by atoms with Gasteiger partial charge in [-0.15, -0.1) is 0 Å². The van der Waals surface area contributed by atoms with Gasteiger partial charge in [0, 0.05) is 4.47 Å². The van der Waals surface area contributed by atoms with Gasteiger partial charge < -0.3 is 9.68 Å². The van der Waals surface area contributed by atoms with Crippen LogP contribution < -0.4 is 4.65 Å². The summed E-state index contributed by atoms with van der Waals surface area (Å²) in [5.41, 5.74) is 6.83. The summed E-state index contributed by atoms with van der Waals surface area (Å²) in [5, 5.41) is 30.8. The summed E-state index contributed by atoms with van der Waals surface area (Å²) in [4.78, 5) is 0. The maximum atomic E-state index is 8.98. The number of benzene rings is 6. The molecule has 6 aromatic rings. The summed E-state index contributed by atoms with van der Waals surface area (Å²) in [6.07, 6.45) is 0.920. The number of rotatable bonds is 5. The van der Waals surface area contributed by atoms with E-state index in [0.29, 0.717) is 26.3 Å². The van der Waals surface area contributed by atoms with E-state index >= 15 is 0 Å². The zero-order chi connectivity index (χ0) is 31.3. The predicted molar refractivity (Wildman–Crippen MR) is 184 cm³/mol. The van der Waals surface area contributed by atoms with Crippen molar-refractivity contribution in [3.05, 3.63) is 148 Å². The Morgan fingerprint density at radius 1 is 0.614 bits per heavy atom. The molecule has 0 saturated heterocycles. The van der Waals surface area contributed by atoms with Crippen LogP contribution in [0.3, 0.4) is 0 Å². The highest BCUT2D eigenvalue weighted by Crippen LogP contribution is 2.32. The zero-order valence-corrected chi connectivity index (χ0v) is 26.3. The molecule has 215 valence electrons. The van der Waals surface area contributed by atoms with Crippen LogP contribution in [0.1, 0.15) is 22.3 Å². The van der Waals surface area contributed by atoms with Crippen molar-refractivity contribution in [3.63, 3.8) is 0 Å². The average molecular weight is 638 g/mol. The van der Waals surface area contributed by atoms with Gasteiger partial charge in [0.1, 0.15) is 5.75 Å². The van der Waals surface area contributed by atoms with Gasteiger partial charge in [0.2, 0.25) is 0 Å².